The Bertz CT molecular complexity index is 606. The van der Waals surface area contributed by atoms with Gasteiger partial charge in [-0.15, -0.1) is 0 Å². The summed E-state index contributed by atoms with van der Waals surface area (Å²) >= 11 is 0. The van der Waals surface area contributed by atoms with E-state index < -0.39 is 0 Å². The number of imidazole rings is 1. The highest BCUT2D eigenvalue weighted by Crippen LogP contribution is 2.22. The summed E-state index contributed by atoms with van der Waals surface area (Å²) < 4.78 is 1.93. The number of nitrogens with one attached hydrogen (secondary N) is 2. The van der Waals surface area contributed by atoms with E-state index in [0.717, 1.165) is 16.7 Å². The zero-order valence-corrected chi connectivity index (χ0v) is 10.9. The molecule has 2 N–H and O–H groups in total. The third-order valence-corrected chi connectivity index (χ3v) is 2.87. The van der Waals surface area contributed by atoms with E-state index in [0.29, 0.717) is 6.41 Å². The van der Waals surface area contributed by atoms with E-state index in [1.807, 2.05) is 36.7 Å². The normalized spacial score (nSPS) is 12.1. The molecule has 0 saturated heterocycles. The molecule has 0 radical (unpaired) electrons. The van der Waals surface area contributed by atoms with Gasteiger partial charge in [0.25, 0.3) is 0 Å². The quantitative estimate of drug-likeness (QED) is 0.787. The van der Waals surface area contributed by atoms with Crippen LogP contribution in [-0.4, -0.2) is 27.9 Å². The number of nitrogens with zero attached hydrogens (tertiary/aromatic N) is 2. The second-order valence-electron chi connectivity index (χ2n) is 4.46. The van der Waals surface area contributed by atoms with Crippen LogP contribution in [0.5, 0.6) is 0 Å². The molecular weight excluding hydrogens is 244 g/mol. The molecule has 6 nitrogen and oxygen atoms in total. The first-order chi connectivity index (χ1) is 9.11. The van der Waals surface area contributed by atoms with Gasteiger partial charge in [-0.3, -0.25) is 14.9 Å². The van der Waals surface area contributed by atoms with E-state index >= 15 is 0 Å². The van der Waals surface area contributed by atoms with Crippen LogP contribution >= 0.6 is 0 Å². The molecule has 0 fully saturated rings. The van der Waals surface area contributed by atoms with Crippen LogP contribution in [-0.2, 0) is 16.6 Å². The van der Waals surface area contributed by atoms with Gasteiger partial charge in [0.05, 0.1) is 17.5 Å². The van der Waals surface area contributed by atoms with Crippen LogP contribution in [0.15, 0.2) is 24.5 Å². The lowest BCUT2D eigenvalue weighted by atomic mass is 10.2. The van der Waals surface area contributed by atoms with Crippen molar-refractivity contribution in [2.45, 2.75) is 19.4 Å². The van der Waals surface area contributed by atoms with Crippen molar-refractivity contribution in [3.63, 3.8) is 0 Å². The van der Waals surface area contributed by atoms with Gasteiger partial charge in [-0.05, 0) is 19.1 Å². The summed E-state index contributed by atoms with van der Waals surface area (Å²) in [6.45, 7) is 1.88. The Hall–Kier alpha value is -2.37. The maximum absolute atomic E-state index is 11.3. The van der Waals surface area contributed by atoms with Crippen molar-refractivity contribution < 1.29 is 9.59 Å². The van der Waals surface area contributed by atoms with Gasteiger partial charge in [0, 0.05) is 19.5 Å². The van der Waals surface area contributed by atoms with Gasteiger partial charge in [-0.2, -0.15) is 0 Å². The molecule has 1 aromatic carbocycles. The van der Waals surface area contributed by atoms with Crippen LogP contribution < -0.4 is 10.6 Å². The lowest BCUT2D eigenvalue weighted by molar-refractivity contribution is -0.125. The Morgan fingerprint density at radius 3 is 3.05 bits per heavy atom. The number of hydrogen-bond acceptors (Lipinski definition) is 4. The highest BCUT2D eigenvalue weighted by molar-refractivity contribution is 5.89. The third-order valence-electron chi connectivity index (χ3n) is 2.87. The highest BCUT2D eigenvalue weighted by Gasteiger charge is 2.11. The first-order valence-corrected chi connectivity index (χ1v) is 6.01. The molecule has 1 heterocycles. The number of carbonyl (C=O) groups is 2. The number of rotatable bonds is 5. The lowest BCUT2D eigenvalue weighted by Gasteiger charge is -2.14. The van der Waals surface area contributed by atoms with Crippen LogP contribution in [0.4, 0.5) is 5.69 Å². The van der Waals surface area contributed by atoms with Crippen molar-refractivity contribution >= 4 is 29.0 Å². The molecule has 0 aliphatic rings. The topological polar surface area (TPSA) is 76.0 Å². The van der Waals surface area contributed by atoms with Crippen molar-refractivity contribution in [3.05, 3.63) is 24.5 Å². The molecule has 0 spiro atoms. The number of benzene rings is 1. The molecule has 0 bridgehead atoms. The Labute approximate surface area is 110 Å². The number of carbonyl (C=O) groups excluding carboxylic acids is 2. The molecule has 1 unspecified atom stereocenters. The van der Waals surface area contributed by atoms with E-state index in [1.165, 1.54) is 0 Å². The fraction of sp³-hybridized carbons (Fsp3) is 0.308. The molecule has 6 heteroatoms. The van der Waals surface area contributed by atoms with Gasteiger partial charge in [-0.25, -0.2) is 4.98 Å². The average Bonchev–Trinajstić information content (AvgIpc) is 2.72. The first kappa shape index (κ1) is 13.1. The van der Waals surface area contributed by atoms with Gasteiger partial charge in [0.2, 0.25) is 12.3 Å². The molecule has 2 amide bonds. The van der Waals surface area contributed by atoms with Gasteiger partial charge < -0.3 is 9.88 Å². The monoisotopic (exact) mass is 260 g/mol. The molecule has 0 aliphatic carbocycles. The zero-order valence-electron chi connectivity index (χ0n) is 10.9. The average molecular weight is 260 g/mol. The molecular formula is C13H16N4O2. The number of hydrogen-bond donors (Lipinski definition) is 2. The number of aryl methyl sites for hydroxylation is 1. The van der Waals surface area contributed by atoms with Gasteiger partial charge in [-0.1, -0.05) is 6.07 Å². The van der Waals surface area contributed by atoms with Crippen molar-refractivity contribution in [2.75, 3.05) is 5.32 Å². The molecule has 0 aliphatic heterocycles. The van der Waals surface area contributed by atoms with Crippen LogP contribution in [0.25, 0.3) is 11.0 Å². The maximum Gasteiger partial charge on any atom is 0.228 e. The fourth-order valence-electron chi connectivity index (χ4n) is 1.99. The SMILES string of the molecule is CC(CC(=O)NC=O)Nc1cccc2c1ncn2C. The highest BCUT2D eigenvalue weighted by atomic mass is 16.2. The minimum atomic E-state index is -0.303. The fourth-order valence-corrected chi connectivity index (χ4v) is 1.99. The van der Waals surface area contributed by atoms with Crippen LogP contribution in [0.2, 0.25) is 0 Å². The predicted octanol–water partition coefficient (Wildman–Crippen LogP) is 1.04. The smallest absolute Gasteiger partial charge is 0.228 e. The number of anilines is 1. The maximum atomic E-state index is 11.3. The summed E-state index contributed by atoms with van der Waals surface area (Å²) in [5.74, 6) is -0.303. The van der Waals surface area contributed by atoms with Crippen molar-refractivity contribution in [1.82, 2.24) is 14.9 Å². The summed E-state index contributed by atoms with van der Waals surface area (Å²) in [5, 5.41) is 5.36. The summed E-state index contributed by atoms with van der Waals surface area (Å²) in [5.41, 5.74) is 2.77. The van der Waals surface area contributed by atoms with Crippen molar-refractivity contribution in [2.24, 2.45) is 7.05 Å². The number of amides is 2. The second kappa shape index (κ2) is 5.51. The van der Waals surface area contributed by atoms with Crippen molar-refractivity contribution in [3.8, 4) is 0 Å². The van der Waals surface area contributed by atoms with Gasteiger partial charge >= 0.3 is 0 Å². The van der Waals surface area contributed by atoms with E-state index in [2.05, 4.69) is 15.6 Å². The van der Waals surface area contributed by atoms with Crippen molar-refractivity contribution in [1.29, 1.82) is 0 Å². The molecule has 1 aromatic heterocycles. The molecule has 2 rings (SSSR count). The molecule has 100 valence electrons. The summed E-state index contributed by atoms with van der Waals surface area (Å²) in [4.78, 5) is 25.8. The van der Waals surface area contributed by atoms with E-state index in [-0.39, 0.29) is 18.4 Å². The largest absolute Gasteiger partial charge is 0.380 e. The zero-order chi connectivity index (χ0) is 13.8. The number of imide groups is 1. The number of aromatic nitrogens is 2. The Morgan fingerprint density at radius 1 is 1.53 bits per heavy atom. The summed E-state index contributed by atoms with van der Waals surface area (Å²) in [7, 11) is 1.93. The van der Waals surface area contributed by atoms with Gasteiger partial charge in [0.15, 0.2) is 0 Å². The third kappa shape index (κ3) is 2.90. The minimum absolute atomic E-state index is 0.0902. The molecule has 19 heavy (non-hydrogen) atoms. The van der Waals surface area contributed by atoms with E-state index in [9.17, 15) is 9.59 Å². The lowest BCUT2D eigenvalue weighted by Crippen LogP contribution is -2.28. The van der Waals surface area contributed by atoms with Crippen LogP contribution in [0.3, 0.4) is 0 Å². The first-order valence-electron chi connectivity index (χ1n) is 6.01. The number of fused-ring (bicyclic) bond motifs is 1. The van der Waals surface area contributed by atoms with Crippen LogP contribution in [0, 0.1) is 0 Å². The van der Waals surface area contributed by atoms with E-state index in [4.69, 9.17) is 0 Å². The Morgan fingerprint density at radius 2 is 2.32 bits per heavy atom. The summed E-state index contributed by atoms with van der Waals surface area (Å²) in [6.07, 6.45) is 2.37. The molecule has 0 saturated carbocycles. The Kier molecular flexibility index (Phi) is 3.79. The minimum Gasteiger partial charge on any atom is -0.380 e. The Balaban J connectivity index is 2.12. The summed E-state index contributed by atoms with van der Waals surface area (Å²) in [6, 6.07) is 5.75. The standard InChI is InChI=1S/C13H16N4O2/c1-9(6-12(19)15-8-18)16-10-4-3-5-11-13(10)14-7-17(11)2/h3-5,7-9,16H,6H2,1-2H3,(H,15,18,19). The van der Waals surface area contributed by atoms with Crippen LogP contribution in [0.1, 0.15) is 13.3 Å². The van der Waals surface area contributed by atoms with Gasteiger partial charge in [0.1, 0.15) is 5.52 Å². The molecule has 1 atom stereocenters. The second-order valence-corrected chi connectivity index (χ2v) is 4.46. The molecule has 2 aromatic rings. The predicted molar refractivity (Wildman–Crippen MR) is 72.6 cm³/mol. The number of para-hydroxylation sites is 1. The van der Waals surface area contributed by atoms with E-state index in [1.54, 1.807) is 6.33 Å².